The Kier molecular flexibility index (Phi) is 8.61. The van der Waals surface area contributed by atoms with Crippen LogP contribution >= 0.6 is 22.9 Å². The van der Waals surface area contributed by atoms with Crippen LogP contribution in [0.2, 0.25) is 5.02 Å². The maximum atomic E-state index is 13.3. The minimum absolute atomic E-state index is 0.0154. The number of ether oxygens (including phenoxy) is 2. The standard InChI is InChI=1S/C18H18ClF4N3O5S/c1-4-5-31-17(28)9-7(2)13(18(29)30-3)32-16(9)24-8(27)6-26-12(15(22)23)10(19)11(25-26)14(20)21/h14-15H,4-6H2,1-3H3,(H,24,27). The molecule has 0 saturated carbocycles. The number of amides is 1. The van der Waals surface area contributed by atoms with Crippen molar-refractivity contribution >= 4 is 45.8 Å². The van der Waals surface area contributed by atoms with Crippen LogP contribution in [0.15, 0.2) is 0 Å². The van der Waals surface area contributed by atoms with Crippen LogP contribution in [0.5, 0.6) is 0 Å². The lowest BCUT2D eigenvalue weighted by molar-refractivity contribution is -0.117. The molecular weight excluding hydrogens is 482 g/mol. The van der Waals surface area contributed by atoms with Gasteiger partial charge < -0.3 is 14.8 Å². The molecule has 2 aromatic heterocycles. The number of carbonyl (C=O) groups is 3. The van der Waals surface area contributed by atoms with E-state index in [1.165, 1.54) is 6.92 Å². The number of halogens is 5. The summed E-state index contributed by atoms with van der Waals surface area (Å²) in [5, 5.41) is 4.59. The molecule has 2 heterocycles. The third kappa shape index (κ3) is 5.38. The summed E-state index contributed by atoms with van der Waals surface area (Å²) < 4.78 is 62.6. The Labute approximate surface area is 188 Å². The first kappa shape index (κ1) is 25.6. The molecule has 0 atom stereocenters. The number of methoxy groups -OCH3 is 1. The first-order valence-electron chi connectivity index (χ1n) is 9.04. The van der Waals surface area contributed by atoms with E-state index in [9.17, 15) is 31.9 Å². The predicted octanol–water partition coefficient (Wildman–Crippen LogP) is 4.77. The molecule has 1 N–H and O–H groups in total. The number of hydrogen-bond acceptors (Lipinski definition) is 7. The van der Waals surface area contributed by atoms with Crippen molar-refractivity contribution in [2.75, 3.05) is 19.0 Å². The molecule has 1 amide bonds. The second-order valence-electron chi connectivity index (χ2n) is 6.28. The van der Waals surface area contributed by atoms with Gasteiger partial charge in [0.15, 0.2) is 0 Å². The van der Waals surface area contributed by atoms with Crippen LogP contribution in [0.3, 0.4) is 0 Å². The van der Waals surface area contributed by atoms with Gasteiger partial charge in [0.05, 0.1) is 24.3 Å². The van der Waals surface area contributed by atoms with Gasteiger partial charge in [-0.05, 0) is 18.9 Å². The number of carbonyl (C=O) groups excluding carboxylic acids is 3. The second kappa shape index (κ2) is 10.8. The van der Waals surface area contributed by atoms with Gasteiger partial charge in [-0.2, -0.15) is 5.10 Å². The fourth-order valence-electron chi connectivity index (χ4n) is 2.64. The molecule has 0 fully saturated rings. The molecule has 0 radical (unpaired) electrons. The van der Waals surface area contributed by atoms with Crippen LogP contribution in [-0.2, 0) is 20.8 Å². The molecule has 8 nitrogen and oxygen atoms in total. The zero-order chi connectivity index (χ0) is 24.2. The van der Waals surface area contributed by atoms with Crippen molar-refractivity contribution < 1.29 is 41.4 Å². The Morgan fingerprint density at radius 1 is 1.19 bits per heavy atom. The van der Waals surface area contributed by atoms with E-state index in [0.29, 0.717) is 22.4 Å². The third-order valence-electron chi connectivity index (χ3n) is 4.07. The van der Waals surface area contributed by atoms with Gasteiger partial charge in [0, 0.05) is 0 Å². The van der Waals surface area contributed by atoms with E-state index in [1.807, 2.05) is 0 Å². The summed E-state index contributed by atoms with van der Waals surface area (Å²) >= 11 is 6.28. The number of aromatic nitrogens is 2. The summed E-state index contributed by atoms with van der Waals surface area (Å²) in [6.45, 7) is 2.38. The summed E-state index contributed by atoms with van der Waals surface area (Å²) in [6.07, 6.45) is -5.99. The fourth-order valence-corrected chi connectivity index (χ4v) is 4.07. The lowest BCUT2D eigenvalue weighted by atomic mass is 10.1. The molecule has 0 aromatic carbocycles. The molecule has 2 aromatic rings. The van der Waals surface area contributed by atoms with Gasteiger partial charge in [-0.25, -0.2) is 27.2 Å². The average Bonchev–Trinajstić information content (AvgIpc) is 3.21. The van der Waals surface area contributed by atoms with E-state index in [0.717, 1.165) is 7.11 Å². The van der Waals surface area contributed by atoms with Gasteiger partial charge in [0.2, 0.25) is 5.91 Å². The van der Waals surface area contributed by atoms with E-state index in [1.54, 1.807) is 6.92 Å². The molecule has 0 saturated heterocycles. The fraction of sp³-hybridized carbons (Fsp3) is 0.444. The first-order chi connectivity index (χ1) is 15.0. The largest absolute Gasteiger partial charge is 0.465 e. The predicted molar refractivity (Wildman–Crippen MR) is 107 cm³/mol. The number of rotatable bonds is 9. The number of hydrogen-bond donors (Lipinski definition) is 1. The number of thiophene rings is 1. The van der Waals surface area contributed by atoms with Gasteiger partial charge >= 0.3 is 11.9 Å². The summed E-state index contributed by atoms with van der Waals surface area (Å²) in [5.41, 5.74) is -2.05. The molecule has 2 rings (SSSR count). The van der Waals surface area contributed by atoms with E-state index in [4.69, 9.17) is 16.3 Å². The van der Waals surface area contributed by atoms with Gasteiger partial charge in [-0.15, -0.1) is 11.3 Å². The number of anilines is 1. The molecule has 0 aliphatic rings. The smallest absolute Gasteiger partial charge is 0.348 e. The molecule has 0 spiro atoms. The van der Waals surface area contributed by atoms with Crippen LogP contribution in [0, 0.1) is 6.92 Å². The van der Waals surface area contributed by atoms with Crippen molar-refractivity contribution in [3.8, 4) is 0 Å². The second-order valence-corrected chi connectivity index (χ2v) is 7.68. The quantitative estimate of drug-likeness (QED) is 0.394. The minimum atomic E-state index is -3.27. The van der Waals surface area contributed by atoms with Crippen LogP contribution < -0.4 is 5.32 Å². The van der Waals surface area contributed by atoms with E-state index in [2.05, 4.69) is 15.2 Å². The molecule has 0 aliphatic carbocycles. The molecular formula is C18H18ClF4N3O5S. The molecule has 0 aliphatic heterocycles. The highest BCUT2D eigenvalue weighted by Gasteiger charge is 2.30. The number of alkyl halides is 4. The molecule has 32 heavy (non-hydrogen) atoms. The van der Waals surface area contributed by atoms with Crippen molar-refractivity contribution in [3.63, 3.8) is 0 Å². The van der Waals surface area contributed by atoms with E-state index in [-0.39, 0.29) is 27.6 Å². The average molecular weight is 500 g/mol. The zero-order valence-electron chi connectivity index (χ0n) is 17.0. The highest BCUT2D eigenvalue weighted by Crippen LogP contribution is 2.36. The molecule has 14 heteroatoms. The number of nitrogens with zero attached hydrogens (tertiary/aromatic N) is 2. The highest BCUT2D eigenvalue weighted by atomic mass is 35.5. The van der Waals surface area contributed by atoms with Gasteiger partial charge in [-0.3, -0.25) is 9.48 Å². The van der Waals surface area contributed by atoms with E-state index >= 15 is 0 Å². The van der Waals surface area contributed by atoms with Crippen molar-refractivity contribution in [3.05, 3.63) is 32.4 Å². The maximum absolute atomic E-state index is 13.3. The summed E-state index contributed by atoms with van der Waals surface area (Å²) in [5.74, 6) is -2.56. The first-order valence-corrected chi connectivity index (χ1v) is 10.2. The normalized spacial score (nSPS) is 11.2. The van der Waals surface area contributed by atoms with Crippen molar-refractivity contribution in [2.45, 2.75) is 39.7 Å². The minimum Gasteiger partial charge on any atom is -0.465 e. The Balaban J connectivity index is 2.38. The van der Waals surface area contributed by atoms with Gasteiger partial charge in [0.1, 0.15) is 27.8 Å². The van der Waals surface area contributed by atoms with Crippen LogP contribution in [0.1, 0.15) is 63.2 Å². The molecule has 0 bridgehead atoms. The lowest BCUT2D eigenvalue weighted by Crippen LogP contribution is -2.22. The number of nitrogens with one attached hydrogen (secondary N) is 1. The van der Waals surface area contributed by atoms with Crippen molar-refractivity contribution in [2.24, 2.45) is 0 Å². The van der Waals surface area contributed by atoms with Gasteiger partial charge in [0.25, 0.3) is 12.9 Å². The SMILES string of the molecule is CCCOC(=O)c1c(NC(=O)Cn2nc(C(F)F)c(Cl)c2C(F)F)sc(C(=O)OC)c1C. The Morgan fingerprint density at radius 3 is 2.38 bits per heavy atom. The lowest BCUT2D eigenvalue weighted by Gasteiger charge is -2.09. The maximum Gasteiger partial charge on any atom is 0.348 e. The van der Waals surface area contributed by atoms with Crippen molar-refractivity contribution in [1.82, 2.24) is 9.78 Å². The third-order valence-corrected chi connectivity index (χ3v) is 5.65. The van der Waals surface area contributed by atoms with Gasteiger partial charge in [-0.1, -0.05) is 18.5 Å². The zero-order valence-corrected chi connectivity index (χ0v) is 18.6. The Bertz CT molecular complexity index is 1020. The Hall–Kier alpha value is -2.67. The summed E-state index contributed by atoms with van der Waals surface area (Å²) in [7, 11) is 1.13. The molecule has 176 valence electrons. The highest BCUT2D eigenvalue weighted by molar-refractivity contribution is 7.18. The topological polar surface area (TPSA) is 99.5 Å². The Morgan fingerprint density at radius 2 is 1.84 bits per heavy atom. The van der Waals surface area contributed by atoms with Crippen molar-refractivity contribution in [1.29, 1.82) is 0 Å². The van der Waals surface area contributed by atoms with Crippen LogP contribution in [0.4, 0.5) is 22.6 Å². The van der Waals surface area contributed by atoms with Crippen LogP contribution in [0.25, 0.3) is 0 Å². The molecule has 0 unspecified atom stereocenters. The monoisotopic (exact) mass is 499 g/mol. The summed E-state index contributed by atoms with van der Waals surface area (Å²) in [4.78, 5) is 36.9. The number of esters is 2. The summed E-state index contributed by atoms with van der Waals surface area (Å²) in [6, 6.07) is 0. The van der Waals surface area contributed by atoms with E-state index < -0.39 is 53.7 Å². The van der Waals surface area contributed by atoms with Crippen LogP contribution in [-0.4, -0.2) is 41.3 Å².